The van der Waals surface area contributed by atoms with Gasteiger partial charge in [-0.3, -0.25) is 4.79 Å². The molecule has 1 fully saturated rings. The first-order chi connectivity index (χ1) is 5.30. The molecule has 1 atom stereocenters. The molecule has 1 rings (SSSR count). The van der Waals surface area contributed by atoms with E-state index in [4.69, 9.17) is 0 Å². The molecule has 1 saturated carbocycles. The molecule has 1 unspecified atom stereocenters. The molecule has 64 valence electrons. The summed E-state index contributed by atoms with van der Waals surface area (Å²) in [5.41, 5.74) is 0. The number of hydrogen-bond acceptors (Lipinski definition) is 1. The Bertz CT molecular complexity index is 129. The maximum Gasteiger partial charge on any atom is 0.135 e. The fraction of sp³-hybridized carbons (Fsp3) is 0.900. The summed E-state index contributed by atoms with van der Waals surface area (Å²) in [6, 6.07) is 0. The van der Waals surface area contributed by atoms with Crippen molar-refractivity contribution in [2.45, 2.75) is 51.9 Å². The topological polar surface area (TPSA) is 17.1 Å². The summed E-state index contributed by atoms with van der Waals surface area (Å²) in [6.07, 6.45) is 8.27. The summed E-state index contributed by atoms with van der Waals surface area (Å²) >= 11 is 0. The molecular formula is C10H18O. The Morgan fingerprint density at radius 1 is 1.09 bits per heavy atom. The van der Waals surface area contributed by atoms with Gasteiger partial charge in [-0.1, -0.05) is 32.6 Å². The van der Waals surface area contributed by atoms with Gasteiger partial charge in [-0.05, 0) is 12.8 Å². The Balaban J connectivity index is 2.35. The van der Waals surface area contributed by atoms with Crippen molar-refractivity contribution in [2.24, 2.45) is 5.92 Å². The molecule has 0 bridgehead atoms. The second kappa shape index (κ2) is 4.53. The molecule has 1 aliphatic rings. The maximum absolute atomic E-state index is 11.3. The Morgan fingerprint density at radius 3 is 2.55 bits per heavy atom. The number of rotatable bonds is 0. The van der Waals surface area contributed by atoms with Crippen LogP contribution in [0.25, 0.3) is 0 Å². The molecule has 0 aliphatic heterocycles. The first kappa shape index (κ1) is 8.76. The number of hydrogen-bond donors (Lipinski definition) is 0. The standard InChI is InChI=1S/C10H18O/c1-9-7-5-3-2-4-6-8-10(9)11/h9H,2-8H2,1H3. The molecule has 0 heterocycles. The summed E-state index contributed by atoms with van der Waals surface area (Å²) in [6.45, 7) is 2.08. The van der Waals surface area contributed by atoms with Gasteiger partial charge in [0.15, 0.2) is 0 Å². The van der Waals surface area contributed by atoms with Crippen molar-refractivity contribution in [2.75, 3.05) is 0 Å². The number of Topliss-reactive ketones (excluding diaryl/α,β-unsaturated/α-hetero) is 1. The van der Waals surface area contributed by atoms with Crippen LogP contribution in [0.4, 0.5) is 0 Å². The van der Waals surface area contributed by atoms with E-state index >= 15 is 0 Å². The van der Waals surface area contributed by atoms with E-state index in [1.807, 2.05) is 0 Å². The zero-order valence-electron chi connectivity index (χ0n) is 7.44. The Kier molecular flexibility index (Phi) is 3.61. The summed E-state index contributed by atoms with van der Waals surface area (Å²) in [5, 5.41) is 0. The molecule has 0 aromatic heterocycles. The van der Waals surface area contributed by atoms with E-state index in [0.29, 0.717) is 11.7 Å². The van der Waals surface area contributed by atoms with Crippen LogP contribution in [0.15, 0.2) is 0 Å². The van der Waals surface area contributed by atoms with E-state index in [1.165, 1.54) is 25.7 Å². The van der Waals surface area contributed by atoms with E-state index in [0.717, 1.165) is 19.3 Å². The highest BCUT2D eigenvalue weighted by molar-refractivity contribution is 5.80. The molecular weight excluding hydrogens is 136 g/mol. The lowest BCUT2D eigenvalue weighted by Gasteiger charge is -2.06. The van der Waals surface area contributed by atoms with Crippen LogP contribution in [0.5, 0.6) is 0 Å². The maximum atomic E-state index is 11.3. The van der Waals surface area contributed by atoms with Crippen molar-refractivity contribution in [3.05, 3.63) is 0 Å². The molecule has 0 aromatic rings. The predicted octanol–water partition coefficient (Wildman–Crippen LogP) is 2.94. The third-order valence-electron chi connectivity index (χ3n) is 2.61. The van der Waals surface area contributed by atoms with Crippen LogP contribution in [-0.4, -0.2) is 5.78 Å². The van der Waals surface area contributed by atoms with Crippen LogP contribution in [0, 0.1) is 5.92 Å². The highest BCUT2D eigenvalue weighted by atomic mass is 16.1. The SMILES string of the molecule is CC1CCCCCCCC1=O. The van der Waals surface area contributed by atoms with Crippen molar-refractivity contribution in [1.82, 2.24) is 0 Å². The summed E-state index contributed by atoms with van der Waals surface area (Å²) in [7, 11) is 0. The van der Waals surface area contributed by atoms with Crippen molar-refractivity contribution in [3.8, 4) is 0 Å². The molecule has 1 aliphatic carbocycles. The van der Waals surface area contributed by atoms with E-state index < -0.39 is 0 Å². The fourth-order valence-corrected chi connectivity index (χ4v) is 1.69. The molecule has 0 spiro atoms. The molecule has 1 nitrogen and oxygen atoms in total. The van der Waals surface area contributed by atoms with Gasteiger partial charge in [0.25, 0.3) is 0 Å². The van der Waals surface area contributed by atoms with Crippen LogP contribution >= 0.6 is 0 Å². The minimum absolute atomic E-state index is 0.341. The first-order valence-electron chi connectivity index (χ1n) is 4.83. The van der Waals surface area contributed by atoms with Crippen LogP contribution in [-0.2, 0) is 4.79 Å². The lowest BCUT2D eigenvalue weighted by atomic mass is 9.98. The van der Waals surface area contributed by atoms with E-state index in [9.17, 15) is 4.79 Å². The zero-order valence-corrected chi connectivity index (χ0v) is 7.44. The summed E-state index contributed by atoms with van der Waals surface area (Å²) in [4.78, 5) is 11.3. The van der Waals surface area contributed by atoms with Crippen LogP contribution in [0.3, 0.4) is 0 Å². The molecule has 0 amide bonds. The largest absolute Gasteiger partial charge is 0.299 e. The van der Waals surface area contributed by atoms with E-state index in [-0.39, 0.29) is 0 Å². The second-order valence-electron chi connectivity index (χ2n) is 3.67. The Labute approximate surface area is 69.2 Å². The highest BCUT2D eigenvalue weighted by Crippen LogP contribution is 2.18. The van der Waals surface area contributed by atoms with Gasteiger partial charge in [0, 0.05) is 12.3 Å². The molecule has 0 aromatic carbocycles. The monoisotopic (exact) mass is 154 g/mol. The smallest absolute Gasteiger partial charge is 0.135 e. The van der Waals surface area contributed by atoms with Gasteiger partial charge in [-0.25, -0.2) is 0 Å². The first-order valence-corrected chi connectivity index (χ1v) is 4.83. The molecule has 0 N–H and O–H groups in total. The van der Waals surface area contributed by atoms with Gasteiger partial charge in [-0.15, -0.1) is 0 Å². The van der Waals surface area contributed by atoms with Crippen LogP contribution < -0.4 is 0 Å². The van der Waals surface area contributed by atoms with Crippen molar-refractivity contribution in [1.29, 1.82) is 0 Å². The summed E-state index contributed by atoms with van der Waals surface area (Å²) in [5.74, 6) is 0.833. The minimum atomic E-state index is 0.341. The van der Waals surface area contributed by atoms with Gasteiger partial charge in [0.2, 0.25) is 0 Å². The average Bonchev–Trinajstić information content (AvgIpc) is 2.07. The highest BCUT2D eigenvalue weighted by Gasteiger charge is 2.13. The third kappa shape index (κ3) is 3.04. The zero-order chi connectivity index (χ0) is 8.10. The molecule has 0 radical (unpaired) electrons. The van der Waals surface area contributed by atoms with E-state index in [1.54, 1.807) is 0 Å². The Morgan fingerprint density at radius 2 is 1.73 bits per heavy atom. The molecule has 11 heavy (non-hydrogen) atoms. The fourth-order valence-electron chi connectivity index (χ4n) is 1.69. The van der Waals surface area contributed by atoms with Crippen LogP contribution in [0.1, 0.15) is 51.9 Å². The van der Waals surface area contributed by atoms with Crippen molar-refractivity contribution < 1.29 is 4.79 Å². The van der Waals surface area contributed by atoms with Crippen LogP contribution in [0.2, 0.25) is 0 Å². The molecule has 1 heteroatoms. The lowest BCUT2D eigenvalue weighted by Crippen LogP contribution is -2.09. The molecule has 0 saturated heterocycles. The van der Waals surface area contributed by atoms with Gasteiger partial charge < -0.3 is 0 Å². The number of carbonyl (C=O) groups excluding carboxylic acids is 1. The number of carbonyl (C=O) groups is 1. The van der Waals surface area contributed by atoms with Gasteiger partial charge in [-0.2, -0.15) is 0 Å². The predicted molar refractivity (Wildman–Crippen MR) is 46.5 cm³/mol. The number of ketones is 1. The third-order valence-corrected chi connectivity index (χ3v) is 2.61. The summed E-state index contributed by atoms with van der Waals surface area (Å²) < 4.78 is 0. The quantitative estimate of drug-likeness (QED) is 0.524. The lowest BCUT2D eigenvalue weighted by molar-refractivity contribution is -0.122. The van der Waals surface area contributed by atoms with Gasteiger partial charge >= 0.3 is 0 Å². The minimum Gasteiger partial charge on any atom is -0.299 e. The van der Waals surface area contributed by atoms with Crippen molar-refractivity contribution >= 4 is 5.78 Å². The van der Waals surface area contributed by atoms with Crippen molar-refractivity contribution in [3.63, 3.8) is 0 Å². The van der Waals surface area contributed by atoms with E-state index in [2.05, 4.69) is 6.92 Å². The van der Waals surface area contributed by atoms with Gasteiger partial charge in [0.1, 0.15) is 5.78 Å². The Hall–Kier alpha value is -0.330. The van der Waals surface area contributed by atoms with Gasteiger partial charge in [0.05, 0.1) is 0 Å². The normalized spacial score (nSPS) is 28.8. The second-order valence-corrected chi connectivity index (χ2v) is 3.67. The average molecular weight is 154 g/mol.